The summed E-state index contributed by atoms with van der Waals surface area (Å²) in [6.07, 6.45) is 1.53. The molecule has 2 N–H and O–H groups in total. The summed E-state index contributed by atoms with van der Waals surface area (Å²) in [5, 5.41) is 5.49. The highest BCUT2D eigenvalue weighted by Gasteiger charge is 2.38. The third-order valence-electron chi connectivity index (χ3n) is 6.49. The molecule has 0 spiro atoms. The lowest BCUT2D eigenvalue weighted by Crippen LogP contribution is -2.36. The monoisotopic (exact) mass is 529 g/mol. The van der Waals surface area contributed by atoms with Crippen LogP contribution in [0.15, 0.2) is 66.7 Å². The number of ether oxygens (including phenoxy) is 3. The molecule has 2 aliphatic heterocycles. The summed E-state index contributed by atoms with van der Waals surface area (Å²) >= 11 is 0. The largest absolute Gasteiger partial charge is 0.495 e. The molecule has 0 aromatic heterocycles. The molecule has 2 heterocycles. The Kier molecular flexibility index (Phi) is 7.55. The molecule has 10 nitrogen and oxygen atoms in total. The van der Waals surface area contributed by atoms with Crippen LogP contribution < -0.4 is 20.1 Å². The molecule has 5 rings (SSSR count). The minimum Gasteiger partial charge on any atom is -0.495 e. The van der Waals surface area contributed by atoms with Crippen molar-refractivity contribution < 1.29 is 33.4 Å². The molecule has 1 atom stereocenters. The first-order valence-corrected chi connectivity index (χ1v) is 12.5. The number of nitrogens with one attached hydrogen (secondary N) is 2. The quantitative estimate of drug-likeness (QED) is 0.405. The van der Waals surface area contributed by atoms with Crippen LogP contribution >= 0.6 is 0 Å². The Labute approximate surface area is 224 Å². The maximum atomic E-state index is 13.0. The minimum absolute atomic E-state index is 0.162. The van der Waals surface area contributed by atoms with Gasteiger partial charge in [0, 0.05) is 17.9 Å². The normalized spacial score (nSPS) is 16.1. The highest BCUT2D eigenvalue weighted by molar-refractivity contribution is 6.22. The smallest absolute Gasteiger partial charge is 0.262 e. The van der Waals surface area contributed by atoms with Gasteiger partial charge in [-0.05, 0) is 61.4 Å². The zero-order valence-electron chi connectivity index (χ0n) is 21.3. The van der Waals surface area contributed by atoms with Gasteiger partial charge >= 0.3 is 0 Å². The highest BCUT2D eigenvalue weighted by Crippen LogP contribution is 2.29. The number of hydrogen-bond donors (Lipinski definition) is 2. The van der Waals surface area contributed by atoms with E-state index in [0.29, 0.717) is 29.5 Å². The average Bonchev–Trinajstić information content (AvgIpc) is 3.55. The van der Waals surface area contributed by atoms with Crippen molar-refractivity contribution in [2.45, 2.75) is 18.9 Å². The van der Waals surface area contributed by atoms with Gasteiger partial charge in [-0.1, -0.05) is 18.2 Å². The Bertz CT molecular complexity index is 1420. The SMILES string of the molecule is COc1ccc(NC(=O)c2ccc3c(c2)C(=O)N(CC2CCCO2)C3=O)cc1NC(=O)COc1ccccc1. The first-order valence-electron chi connectivity index (χ1n) is 12.5. The summed E-state index contributed by atoms with van der Waals surface area (Å²) in [5.41, 5.74) is 1.40. The van der Waals surface area contributed by atoms with Crippen molar-refractivity contribution in [3.05, 3.63) is 83.4 Å². The zero-order valence-corrected chi connectivity index (χ0v) is 21.3. The molecular weight excluding hydrogens is 502 g/mol. The lowest BCUT2D eigenvalue weighted by atomic mass is 10.1. The van der Waals surface area contributed by atoms with E-state index in [1.54, 1.807) is 42.5 Å². The second kappa shape index (κ2) is 11.4. The Morgan fingerprint density at radius 2 is 1.77 bits per heavy atom. The molecule has 39 heavy (non-hydrogen) atoms. The Hall–Kier alpha value is -4.70. The number of amides is 4. The zero-order chi connectivity index (χ0) is 27.4. The van der Waals surface area contributed by atoms with Gasteiger partial charge in [0.2, 0.25) is 0 Å². The van der Waals surface area contributed by atoms with E-state index in [-0.39, 0.29) is 41.9 Å². The van der Waals surface area contributed by atoms with Gasteiger partial charge in [0.25, 0.3) is 23.6 Å². The second-order valence-electron chi connectivity index (χ2n) is 9.14. The topological polar surface area (TPSA) is 123 Å². The predicted molar refractivity (Wildman–Crippen MR) is 142 cm³/mol. The van der Waals surface area contributed by atoms with Crippen LogP contribution in [0.2, 0.25) is 0 Å². The molecule has 3 aromatic carbocycles. The van der Waals surface area contributed by atoms with Crippen LogP contribution in [0.3, 0.4) is 0 Å². The number of carbonyl (C=O) groups excluding carboxylic acids is 4. The third-order valence-corrected chi connectivity index (χ3v) is 6.49. The molecule has 3 aromatic rings. The number of fused-ring (bicyclic) bond motifs is 1. The second-order valence-corrected chi connectivity index (χ2v) is 9.14. The molecule has 0 bridgehead atoms. The van der Waals surface area contributed by atoms with Crippen LogP contribution in [0.5, 0.6) is 11.5 Å². The van der Waals surface area contributed by atoms with Crippen LogP contribution in [0.1, 0.15) is 43.9 Å². The molecule has 1 saturated heterocycles. The number of anilines is 2. The molecule has 0 saturated carbocycles. The van der Waals surface area contributed by atoms with Gasteiger partial charge in [-0.25, -0.2) is 0 Å². The van der Waals surface area contributed by atoms with Crippen molar-refractivity contribution in [2.75, 3.05) is 37.5 Å². The molecule has 2 aliphatic rings. The Morgan fingerprint density at radius 3 is 2.51 bits per heavy atom. The number of imide groups is 1. The van der Waals surface area contributed by atoms with Crippen molar-refractivity contribution in [3.8, 4) is 11.5 Å². The molecule has 10 heteroatoms. The lowest BCUT2D eigenvalue weighted by Gasteiger charge is -2.17. The van der Waals surface area contributed by atoms with E-state index in [1.807, 2.05) is 6.07 Å². The van der Waals surface area contributed by atoms with E-state index < -0.39 is 17.7 Å². The van der Waals surface area contributed by atoms with Gasteiger partial charge < -0.3 is 24.8 Å². The fraction of sp³-hybridized carbons (Fsp3) is 0.241. The fourth-order valence-corrected chi connectivity index (χ4v) is 4.53. The summed E-state index contributed by atoms with van der Waals surface area (Å²) < 4.78 is 16.4. The standard InChI is InChI=1S/C29H27N3O7/c1-37-25-12-10-19(15-24(25)31-26(33)17-39-20-6-3-2-4-7-20)30-27(34)18-9-11-22-23(14-18)29(36)32(28(22)35)16-21-8-5-13-38-21/h2-4,6-7,9-12,14-15,21H,5,8,13,16-17H2,1H3,(H,30,34)(H,31,33). The molecular formula is C29H27N3O7. The molecule has 0 radical (unpaired) electrons. The van der Waals surface area contributed by atoms with Crippen molar-refractivity contribution >= 4 is 35.0 Å². The third kappa shape index (κ3) is 5.75. The molecule has 200 valence electrons. The number of hydrogen-bond acceptors (Lipinski definition) is 7. The molecule has 0 aliphatic carbocycles. The fourth-order valence-electron chi connectivity index (χ4n) is 4.53. The number of carbonyl (C=O) groups is 4. The summed E-state index contributed by atoms with van der Waals surface area (Å²) in [7, 11) is 1.47. The van der Waals surface area contributed by atoms with Gasteiger partial charge in [-0.2, -0.15) is 0 Å². The number of para-hydroxylation sites is 1. The van der Waals surface area contributed by atoms with Gasteiger partial charge in [-0.3, -0.25) is 24.1 Å². The van der Waals surface area contributed by atoms with Gasteiger partial charge in [0.05, 0.1) is 36.6 Å². The lowest BCUT2D eigenvalue weighted by molar-refractivity contribution is -0.118. The van der Waals surface area contributed by atoms with E-state index >= 15 is 0 Å². The number of methoxy groups -OCH3 is 1. The van der Waals surface area contributed by atoms with E-state index in [4.69, 9.17) is 14.2 Å². The summed E-state index contributed by atoms with van der Waals surface area (Å²) in [4.78, 5) is 52.4. The van der Waals surface area contributed by atoms with E-state index in [2.05, 4.69) is 10.6 Å². The van der Waals surface area contributed by atoms with Crippen LogP contribution in [0.25, 0.3) is 0 Å². The van der Waals surface area contributed by atoms with Crippen LogP contribution in [-0.2, 0) is 9.53 Å². The maximum absolute atomic E-state index is 13.0. The Balaban J connectivity index is 1.26. The van der Waals surface area contributed by atoms with Gasteiger partial charge in [0.15, 0.2) is 6.61 Å². The van der Waals surface area contributed by atoms with E-state index in [9.17, 15) is 19.2 Å². The van der Waals surface area contributed by atoms with Crippen LogP contribution in [-0.4, -0.2) is 61.5 Å². The summed E-state index contributed by atoms with van der Waals surface area (Å²) in [5.74, 6) is -0.754. The maximum Gasteiger partial charge on any atom is 0.262 e. The van der Waals surface area contributed by atoms with Gasteiger partial charge in [0.1, 0.15) is 11.5 Å². The predicted octanol–water partition coefficient (Wildman–Crippen LogP) is 3.74. The summed E-state index contributed by atoms with van der Waals surface area (Å²) in [6.45, 7) is 0.608. The van der Waals surface area contributed by atoms with Crippen molar-refractivity contribution in [1.29, 1.82) is 0 Å². The number of nitrogens with zero attached hydrogens (tertiary/aromatic N) is 1. The Morgan fingerprint density at radius 1 is 0.974 bits per heavy atom. The van der Waals surface area contributed by atoms with Crippen molar-refractivity contribution in [1.82, 2.24) is 4.90 Å². The van der Waals surface area contributed by atoms with E-state index in [0.717, 1.165) is 12.8 Å². The first kappa shape index (κ1) is 25.9. The van der Waals surface area contributed by atoms with Gasteiger partial charge in [-0.15, -0.1) is 0 Å². The molecule has 1 fully saturated rings. The molecule has 1 unspecified atom stereocenters. The van der Waals surface area contributed by atoms with E-state index in [1.165, 1.54) is 30.2 Å². The molecule has 4 amide bonds. The number of rotatable bonds is 9. The summed E-state index contributed by atoms with van der Waals surface area (Å²) in [6, 6.07) is 18.2. The van der Waals surface area contributed by atoms with Crippen molar-refractivity contribution in [2.24, 2.45) is 0 Å². The highest BCUT2D eigenvalue weighted by atomic mass is 16.5. The average molecular weight is 530 g/mol. The first-order chi connectivity index (χ1) is 18.9. The number of benzene rings is 3. The van der Waals surface area contributed by atoms with Crippen molar-refractivity contribution in [3.63, 3.8) is 0 Å². The van der Waals surface area contributed by atoms with Crippen LogP contribution in [0, 0.1) is 0 Å². The van der Waals surface area contributed by atoms with Crippen LogP contribution in [0.4, 0.5) is 11.4 Å². The minimum atomic E-state index is -0.481.